The molecule has 2 heteroatoms. The molecule has 19 heavy (non-hydrogen) atoms. The summed E-state index contributed by atoms with van der Waals surface area (Å²) in [5, 5.41) is 0. The average Bonchev–Trinajstić information content (AvgIpc) is 2.49. The fourth-order valence-corrected chi connectivity index (χ4v) is 2.12. The number of hydrogen-bond acceptors (Lipinski definition) is 2. The van der Waals surface area contributed by atoms with Gasteiger partial charge < -0.3 is 10.6 Å². The number of nitrogens with two attached hydrogens (primary N) is 1. The lowest BCUT2D eigenvalue weighted by Crippen LogP contribution is -2.27. The number of anilines is 2. The Bertz CT molecular complexity index is 428. The van der Waals surface area contributed by atoms with E-state index >= 15 is 0 Å². The minimum absolute atomic E-state index is 0.273. The van der Waals surface area contributed by atoms with Crippen molar-refractivity contribution in [1.82, 2.24) is 0 Å². The molecule has 0 aliphatic heterocycles. The summed E-state index contributed by atoms with van der Waals surface area (Å²) in [6, 6.07) is 21.2. The largest absolute Gasteiger partial charge is 0.341 e. The maximum atomic E-state index is 6.05. The molecule has 100 valence electrons. The van der Waals surface area contributed by atoms with Gasteiger partial charge in [0.15, 0.2) is 0 Å². The molecule has 0 saturated heterocycles. The average molecular weight is 254 g/mol. The third-order valence-corrected chi connectivity index (χ3v) is 3.38. The maximum Gasteiger partial charge on any atom is 0.0410 e. The summed E-state index contributed by atoms with van der Waals surface area (Å²) >= 11 is 0. The van der Waals surface area contributed by atoms with E-state index in [-0.39, 0.29) is 6.04 Å². The van der Waals surface area contributed by atoms with Gasteiger partial charge in [0, 0.05) is 24.0 Å². The summed E-state index contributed by atoms with van der Waals surface area (Å²) in [4.78, 5) is 2.33. The zero-order valence-corrected chi connectivity index (χ0v) is 11.5. The van der Waals surface area contributed by atoms with Crippen molar-refractivity contribution in [2.24, 2.45) is 5.73 Å². The lowest BCUT2D eigenvalue weighted by atomic mass is 10.1. The number of para-hydroxylation sites is 2. The molecular weight excluding hydrogens is 232 g/mol. The third-order valence-electron chi connectivity index (χ3n) is 3.38. The van der Waals surface area contributed by atoms with Gasteiger partial charge >= 0.3 is 0 Å². The summed E-state index contributed by atoms with van der Waals surface area (Å²) in [6.07, 6.45) is 2.03. The van der Waals surface area contributed by atoms with Crippen LogP contribution in [-0.2, 0) is 0 Å². The van der Waals surface area contributed by atoms with Gasteiger partial charge in [0.2, 0.25) is 0 Å². The summed E-state index contributed by atoms with van der Waals surface area (Å²) < 4.78 is 0. The zero-order valence-electron chi connectivity index (χ0n) is 11.5. The topological polar surface area (TPSA) is 29.3 Å². The van der Waals surface area contributed by atoms with Crippen LogP contribution in [0.15, 0.2) is 60.7 Å². The first-order chi connectivity index (χ1) is 9.31. The Morgan fingerprint density at radius 1 is 0.895 bits per heavy atom. The van der Waals surface area contributed by atoms with E-state index < -0.39 is 0 Å². The molecule has 1 atom stereocenters. The van der Waals surface area contributed by atoms with Gasteiger partial charge in [0.1, 0.15) is 0 Å². The molecule has 0 aliphatic rings. The standard InChI is InChI=1S/C17H22N2/c1-2-15(18)13-14-19(16-9-5-3-6-10-16)17-11-7-4-8-12-17/h3-12,15H,2,13-14,18H2,1H3. The van der Waals surface area contributed by atoms with Gasteiger partial charge in [0.05, 0.1) is 0 Å². The van der Waals surface area contributed by atoms with Gasteiger partial charge in [-0.3, -0.25) is 0 Å². The van der Waals surface area contributed by atoms with Gasteiger partial charge in [-0.15, -0.1) is 0 Å². The highest BCUT2D eigenvalue weighted by atomic mass is 15.1. The summed E-state index contributed by atoms with van der Waals surface area (Å²) in [6.45, 7) is 3.09. The molecule has 0 radical (unpaired) electrons. The number of nitrogens with zero attached hydrogens (tertiary/aromatic N) is 1. The maximum absolute atomic E-state index is 6.05. The molecule has 2 rings (SSSR count). The third kappa shape index (κ3) is 3.83. The van der Waals surface area contributed by atoms with Gasteiger partial charge in [-0.05, 0) is 37.1 Å². The van der Waals surface area contributed by atoms with E-state index in [1.54, 1.807) is 0 Å². The molecule has 1 unspecified atom stereocenters. The van der Waals surface area contributed by atoms with Crippen LogP contribution in [0.25, 0.3) is 0 Å². The Hall–Kier alpha value is -1.80. The number of hydrogen-bond donors (Lipinski definition) is 1. The van der Waals surface area contributed by atoms with E-state index in [2.05, 4.69) is 60.4 Å². The van der Waals surface area contributed by atoms with Crippen molar-refractivity contribution in [3.8, 4) is 0 Å². The van der Waals surface area contributed by atoms with Gasteiger partial charge in [0.25, 0.3) is 0 Å². The Balaban J connectivity index is 2.19. The molecule has 0 fully saturated rings. The Kier molecular flexibility index (Phi) is 4.99. The molecule has 0 heterocycles. The first kappa shape index (κ1) is 13.6. The summed E-state index contributed by atoms with van der Waals surface area (Å²) in [7, 11) is 0. The quantitative estimate of drug-likeness (QED) is 0.845. The first-order valence-electron chi connectivity index (χ1n) is 6.94. The van der Waals surface area contributed by atoms with Crippen molar-refractivity contribution in [1.29, 1.82) is 0 Å². The van der Waals surface area contributed by atoms with Crippen molar-refractivity contribution in [2.45, 2.75) is 25.8 Å². The predicted molar refractivity (Wildman–Crippen MR) is 82.8 cm³/mol. The number of benzene rings is 2. The van der Waals surface area contributed by atoms with Crippen molar-refractivity contribution in [3.05, 3.63) is 60.7 Å². The monoisotopic (exact) mass is 254 g/mol. The molecule has 0 amide bonds. The first-order valence-corrected chi connectivity index (χ1v) is 6.94. The second kappa shape index (κ2) is 6.95. The molecule has 2 N–H and O–H groups in total. The van der Waals surface area contributed by atoms with E-state index in [1.807, 2.05) is 12.1 Å². The van der Waals surface area contributed by atoms with Gasteiger partial charge in [-0.25, -0.2) is 0 Å². The van der Waals surface area contributed by atoms with E-state index in [0.29, 0.717) is 0 Å². The van der Waals surface area contributed by atoms with E-state index in [4.69, 9.17) is 5.73 Å². The normalized spacial score (nSPS) is 12.1. The van der Waals surface area contributed by atoms with Gasteiger partial charge in [-0.2, -0.15) is 0 Å². The minimum atomic E-state index is 0.273. The molecule has 2 aromatic rings. The van der Waals surface area contributed by atoms with E-state index in [9.17, 15) is 0 Å². The highest BCUT2D eigenvalue weighted by molar-refractivity contribution is 5.62. The van der Waals surface area contributed by atoms with Crippen LogP contribution < -0.4 is 10.6 Å². The van der Waals surface area contributed by atoms with Crippen LogP contribution in [0.2, 0.25) is 0 Å². The molecule has 0 saturated carbocycles. The van der Waals surface area contributed by atoms with Crippen molar-refractivity contribution in [2.75, 3.05) is 11.4 Å². The molecule has 0 aromatic heterocycles. The summed E-state index contributed by atoms with van der Waals surface area (Å²) in [5.41, 5.74) is 8.49. The Labute approximate surface area is 115 Å². The highest BCUT2D eigenvalue weighted by Gasteiger charge is 2.10. The molecule has 0 bridgehead atoms. The second-order valence-electron chi connectivity index (χ2n) is 4.78. The lowest BCUT2D eigenvalue weighted by Gasteiger charge is -2.26. The second-order valence-corrected chi connectivity index (χ2v) is 4.78. The Morgan fingerprint density at radius 3 is 1.79 bits per heavy atom. The van der Waals surface area contributed by atoms with E-state index in [0.717, 1.165) is 19.4 Å². The Morgan fingerprint density at radius 2 is 1.37 bits per heavy atom. The lowest BCUT2D eigenvalue weighted by molar-refractivity contribution is 0.599. The molecule has 0 aliphatic carbocycles. The van der Waals surface area contributed by atoms with Crippen molar-refractivity contribution in [3.63, 3.8) is 0 Å². The number of rotatable bonds is 6. The van der Waals surface area contributed by atoms with E-state index in [1.165, 1.54) is 11.4 Å². The highest BCUT2D eigenvalue weighted by Crippen LogP contribution is 2.25. The molecular formula is C17H22N2. The van der Waals surface area contributed by atoms with Crippen LogP contribution in [0.1, 0.15) is 19.8 Å². The fourth-order valence-electron chi connectivity index (χ4n) is 2.12. The zero-order chi connectivity index (χ0) is 13.5. The molecule has 2 nitrogen and oxygen atoms in total. The summed E-state index contributed by atoms with van der Waals surface area (Å²) in [5.74, 6) is 0. The van der Waals surface area contributed by atoms with Crippen LogP contribution in [0.3, 0.4) is 0 Å². The van der Waals surface area contributed by atoms with Crippen LogP contribution >= 0.6 is 0 Å². The van der Waals surface area contributed by atoms with Crippen LogP contribution in [-0.4, -0.2) is 12.6 Å². The van der Waals surface area contributed by atoms with Crippen LogP contribution in [0, 0.1) is 0 Å². The van der Waals surface area contributed by atoms with Crippen molar-refractivity contribution < 1.29 is 0 Å². The minimum Gasteiger partial charge on any atom is -0.341 e. The van der Waals surface area contributed by atoms with Crippen LogP contribution in [0.4, 0.5) is 11.4 Å². The van der Waals surface area contributed by atoms with Gasteiger partial charge in [-0.1, -0.05) is 43.3 Å². The predicted octanol–water partition coefficient (Wildman–Crippen LogP) is 3.95. The van der Waals surface area contributed by atoms with Crippen molar-refractivity contribution >= 4 is 11.4 Å². The van der Waals surface area contributed by atoms with Crippen LogP contribution in [0.5, 0.6) is 0 Å². The molecule has 0 spiro atoms. The molecule has 2 aromatic carbocycles. The fraction of sp³-hybridized carbons (Fsp3) is 0.294. The smallest absolute Gasteiger partial charge is 0.0410 e. The SMILES string of the molecule is CCC(N)CCN(c1ccccc1)c1ccccc1.